The first kappa shape index (κ1) is 23.5. The summed E-state index contributed by atoms with van der Waals surface area (Å²) < 4.78 is 19.7. The van der Waals surface area contributed by atoms with E-state index in [1.54, 1.807) is 36.4 Å². The summed E-state index contributed by atoms with van der Waals surface area (Å²) in [5.41, 5.74) is 1.31. The molecule has 0 bridgehead atoms. The number of nitrogens with zero attached hydrogens (tertiary/aromatic N) is 3. The second-order valence-corrected chi connectivity index (χ2v) is 9.65. The van der Waals surface area contributed by atoms with Crippen LogP contribution in [0.3, 0.4) is 0 Å². The van der Waals surface area contributed by atoms with Gasteiger partial charge in [0.1, 0.15) is 5.82 Å². The van der Waals surface area contributed by atoms with E-state index in [-0.39, 0.29) is 5.56 Å². The van der Waals surface area contributed by atoms with Crippen LogP contribution in [0.25, 0.3) is 11.5 Å². The summed E-state index contributed by atoms with van der Waals surface area (Å²) in [6, 6.07) is 13.7. The van der Waals surface area contributed by atoms with Crippen LogP contribution in [-0.4, -0.2) is 46.7 Å². The Kier molecular flexibility index (Phi) is 7.37. The lowest BCUT2D eigenvalue weighted by Crippen LogP contribution is -2.37. The maximum Gasteiger partial charge on any atom is 0.315 e. The molecule has 0 radical (unpaired) electrons. The summed E-state index contributed by atoms with van der Waals surface area (Å²) in [7, 11) is 0. The van der Waals surface area contributed by atoms with Crippen molar-refractivity contribution < 1.29 is 13.6 Å². The normalized spacial score (nSPS) is 20.9. The largest absolute Gasteiger partial charge is 0.403 e. The molecule has 1 aliphatic heterocycles. The highest BCUT2D eigenvalue weighted by Gasteiger charge is 2.25. The van der Waals surface area contributed by atoms with Gasteiger partial charge in [-0.2, -0.15) is 0 Å². The summed E-state index contributed by atoms with van der Waals surface area (Å²) in [4.78, 5) is 14.9. The molecular weight excluding hydrogens is 445 g/mol. The van der Waals surface area contributed by atoms with Crippen LogP contribution in [0.4, 0.5) is 16.1 Å². The van der Waals surface area contributed by atoms with Crippen molar-refractivity contribution in [3.8, 4) is 11.5 Å². The number of aromatic nitrogens is 2. The van der Waals surface area contributed by atoms with Crippen molar-refractivity contribution in [3.05, 3.63) is 59.9 Å². The van der Waals surface area contributed by atoms with E-state index in [2.05, 4.69) is 25.7 Å². The van der Waals surface area contributed by atoms with Gasteiger partial charge in [0.2, 0.25) is 5.89 Å². The molecule has 3 aromatic rings. The number of nitrogens with one attached hydrogen (secondary N) is 2. The van der Waals surface area contributed by atoms with E-state index in [1.165, 1.54) is 63.9 Å². The van der Waals surface area contributed by atoms with E-state index in [0.29, 0.717) is 23.6 Å². The van der Waals surface area contributed by atoms with Gasteiger partial charge >= 0.3 is 6.01 Å². The zero-order valence-corrected chi connectivity index (χ0v) is 19.9. The zero-order valence-electron chi connectivity index (χ0n) is 19.9. The number of carbonyl (C=O) groups is 1. The van der Waals surface area contributed by atoms with Crippen LogP contribution in [0.1, 0.15) is 55.3 Å². The van der Waals surface area contributed by atoms with Crippen LogP contribution in [0.15, 0.2) is 52.9 Å². The molecular formula is C27H32FN5O2. The molecule has 2 heterocycles. The number of rotatable bonds is 7. The molecule has 184 valence electrons. The number of piperidine rings is 1. The molecule has 1 aliphatic carbocycles. The maximum atomic E-state index is 13.8. The number of halogens is 1. The third-order valence-electron chi connectivity index (χ3n) is 7.07. The van der Waals surface area contributed by atoms with Gasteiger partial charge in [0, 0.05) is 23.8 Å². The number of carbonyl (C=O) groups excluding carboxylic acids is 1. The van der Waals surface area contributed by atoms with Crippen LogP contribution in [0.2, 0.25) is 0 Å². The monoisotopic (exact) mass is 477 g/mol. The fourth-order valence-electron chi connectivity index (χ4n) is 5.11. The van der Waals surface area contributed by atoms with Gasteiger partial charge in [0.15, 0.2) is 0 Å². The van der Waals surface area contributed by atoms with Crippen molar-refractivity contribution in [1.29, 1.82) is 0 Å². The van der Waals surface area contributed by atoms with E-state index < -0.39 is 11.7 Å². The Morgan fingerprint density at radius 3 is 2.46 bits per heavy atom. The summed E-state index contributed by atoms with van der Waals surface area (Å²) in [6.45, 7) is 3.78. The van der Waals surface area contributed by atoms with Crippen molar-refractivity contribution in [2.75, 3.05) is 30.3 Å². The molecule has 0 unspecified atom stereocenters. The molecule has 1 aromatic heterocycles. The summed E-state index contributed by atoms with van der Waals surface area (Å²) in [5.74, 6) is 0.161. The number of benzene rings is 2. The Morgan fingerprint density at radius 2 is 1.71 bits per heavy atom. The number of anilines is 2. The SMILES string of the molecule is O=C(Nc1ccc(-c2nnc(NC3CCC(CN4CCCCC4)CC3)o2)cc1)c1ccccc1F. The highest BCUT2D eigenvalue weighted by atomic mass is 19.1. The molecule has 2 aliphatic rings. The Hall–Kier alpha value is -3.26. The first-order chi connectivity index (χ1) is 17.1. The molecule has 1 amide bonds. The Morgan fingerprint density at radius 1 is 0.971 bits per heavy atom. The minimum absolute atomic E-state index is 0.00437. The number of likely N-dealkylation sites (tertiary alicyclic amines) is 1. The molecule has 5 rings (SSSR count). The lowest BCUT2D eigenvalue weighted by Gasteiger charge is -2.34. The van der Waals surface area contributed by atoms with Crippen LogP contribution < -0.4 is 10.6 Å². The number of hydrogen-bond donors (Lipinski definition) is 2. The number of amides is 1. The van der Waals surface area contributed by atoms with E-state index in [4.69, 9.17) is 4.42 Å². The summed E-state index contributed by atoms with van der Waals surface area (Å²) in [6.07, 6.45) is 8.78. The second-order valence-electron chi connectivity index (χ2n) is 9.65. The summed E-state index contributed by atoms with van der Waals surface area (Å²) >= 11 is 0. The zero-order chi connectivity index (χ0) is 24.0. The van der Waals surface area contributed by atoms with Crippen molar-refractivity contribution in [2.45, 2.75) is 51.0 Å². The van der Waals surface area contributed by atoms with Gasteiger partial charge in [-0.25, -0.2) is 4.39 Å². The van der Waals surface area contributed by atoms with E-state index in [9.17, 15) is 9.18 Å². The average molecular weight is 478 g/mol. The first-order valence-corrected chi connectivity index (χ1v) is 12.6. The van der Waals surface area contributed by atoms with Crippen LogP contribution in [0, 0.1) is 11.7 Å². The molecule has 2 N–H and O–H groups in total. The fourth-order valence-corrected chi connectivity index (χ4v) is 5.11. The highest BCUT2D eigenvalue weighted by Crippen LogP contribution is 2.29. The molecule has 35 heavy (non-hydrogen) atoms. The van der Waals surface area contributed by atoms with Gasteiger partial charge in [-0.1, -0.05) is 23.7 Å². The molecule has 2 aromatic carbocycles. The Balaban J connectivity index is 1.11. The maximum absolute atomic E-state index is 13.8. The van der Waals surface area contributed by atoms with Gasteiger partial charge in [-0.05, 0) is 93.9 Å². The average Bonchev–Trinajstić information content (AvgIpc) is 3.35. The molecule has 1 saturated carbocycles. The Labute approximate surface area is 205 Å². The fraction of sp³-hybridized carbons (Fsp3) is 0.444. The lowest BCUT2D eigenvalue weighted by atomic mass is 9.85. The van der Waals surface area contributed by atoms with Gasteiger partial charge in [0.25, 0.3) is 5.91 Å². The first-order valence-electron chi connectivity index (χ1n) is 12.6. The Bertz CT molecular complexity index is 1120. The third-order valence-corrected chi connectivity index (χ3v) is 7.07. The van der Waals surface area contributed by atoms with Gasteiger partial charge < -0.3 is 20.0 Å². The van der Waals surface area contributed by atoms with Crippen molar-refractivity contribution in [1.82, 2.24) is 15.1 Å². The molecule has 0 atom stereocenters. The van der Waals surface area contributed by atoms with Crippen molar-refractivity contribution in [2.24, 2.45) is 5.92 Å². The molecule has 2 fully saturated rings. The standard InChI is InChI=1S/C27H32FN5O2/c28-24-7-3-2-6-23(24)25(34)29-21-14-10-20(11-15-21)26-31-32-27(35-26)30-22-12-8-19(9-13-22)18-33-16-4-1-5-17-33/h2-3,6-7,10-11,14-15,19,22H,1,4-5,8-9,12-13,16-18H2,(H,29,34)(H,30,32). The van der Waals surface area contributed by atoms with Crippen LogP contribution >= 0.6 is 0 Å². The van der Waals surface area contributed by atoms with Crippen molar-refractivity contribution in [3.63, 3.8) is 0 Å². The van der Waals surface area contributed by atoms with E-state index in [1.807, 2.05) is 0 Å². The molecule has 8 heteroatoms. The van der Waals surface area contributed by atoms with Crippen molar-refractivity contribution >= 4 is 17.6 Å². The molecule has 0 spiro atoms. The second kappa shape index (κ2) is 11.0. The minimum atomic E-state index is -0.553. The van der Waals surface area contributed by atoms with Gasteiger partial charge in [-0.15, -0.1) is 5.10 Å². The van der Waals surface area contributed by atoms with E-state index in [0.717, 1.165) is 24.3 Å². The molecule has 1 saturated heterocycles. The predicted molar refractivity (Wildman–Crippen MR) is 134 cm³/mol. The van der Waals surface area contributed by atoms with Crippen LogP contribution in [0.5, 0.6) is 0 Å². The summed E-state index contributed by atoms with van der Waals surface area (Å²) in [5, 5.41) is 14.5. The quantitative estimate of drug-likeness (QED) is 0.462. The van der Waals surface area contributed by atoms with Gasteiger partial charge in [-0.3, -0.25) is 4.79 Å². The predicted octanol–water partition coefficient (Wildman–Crippen LogP) is 5.58. The topological polar surface area (TPSA) is 83.3 Å². The number of hydrogen-bond acceptors (Lipinski definition) is 6. The molecule has 7 nitrogen and oxygen atoms in total. The highest BCUT2D eigenvalue weighted by molar-refractivity contribution is 6.04. The minimum Gasteiger partial charge on any atom is -0.403 e. The smallest absolute Gasteiger partial charge is 0.315 e. The third kappa shape index (κ3) is 6.06. The van der Waals surface area contributed by atoms with Crippen LogP contribution in [-0.2, 0) is 0 Å². The van der Waals surface area contributed by atoms with E-state index >= 15 is 0 Å². The lowest BCUT2D eigenvalue weighted by molar-refractivity contribution is 0.102. The van der Waals surface area contributed by atoms with Gasteiger partial charge in [0.05, 0.1) is 5.56 Å².